The fraction of sp³-hybridized carbons (Fsp3) is 0.846. The number of carbonyl (C=O) groups excluding carboxylic acids is 1. The molecule has 6 heteroatoms. The first kappa shape index (κ1) is 16.1. The minimum absolute atomic E-state index is 0.277. The molecular formula is C13H24N2O3S. The van der Waals surface area contributed by atoms with Crippen LogP contribution >= 0.6 is 11.8 Å². The molecule has 1 aliphatic rings. The van der Waals surface area contributed by atoms with Crippen LogP contribution in [0.1, 0.15) is 32.1 Å². The quantitative estimate of drug-likeness (QED) is 0.752. The topological polar surface area (TPSA) is 69.6 Å². The number of carboxylic acid groups (broad SMARTS) is 1. The van der Waals surface area contributed by atoms with Crippen LogP contribution in [0.5, 0.6) is 0 Å². The first-order valence-corrected chi connectivity index (χ1v) is 8.17. The molecule has 0 radical (unpaired) electrons. The summed E-state index contributed by atoms with van der Waals surface area (Å²) in [6, 6.07) is -1.06. The zero-order chi connectivity index (χ0) is 14.3. The summed E-state index contributed by atoms with van der Waals surface area (Å²) in [5, 5.41) is 11.7. The van der Waals surface area contributed by atoms with Gasteiger partial charge in [0.15, 0.2) is 0 Å². The van der Waals surface area contributed by atoms with E-state index in [1.165, 1.54) is 25.7 Å². The predicted molar refractivity (Wildman–Crippen MR) is 77.5 cm³/mol. The summed E-state index contributed by atoms with van der Waals surface area (Å²) >= 11 is 1.58. The van der Waals surface area contributed by atoms with E-state index in [9.17, 15) is 9.59 Å². The van der Waals surface area contributed by atoms with Gasteiger partial charge in [0.1, 0.15) is 6.04 Å². The second-order valence-corrected chi connectivity index (χ2v) is 6.14. The highest BCUT2D eigenvalue weighted by Gasteiger charge is 2.23. The molecular weight excluding hydrogens is 264 g/mol. The maximum absolute atomic E-state index is 12.0. The lowest BCUT2D eigenvalue weighted by Gasteiger charge is -2.23. The number of carboxylic acids is 1. The van der Waals surface area contributed by atoms with Crippen LogP contribution in [0, 0.1) is 5.92 Å². The zero-order valence-corrected chi connectivity index (χ0v) is 12.5. The summed E-state index contributed by atoms with van der Waals surface area (Å²) in [6.45, 7) is 0.723. The van der Waals surface area contributed by atoms with E-state index in [-0.39, 0.29) is 6.03 Å². The van der Waals surface area contributed by atoms with Gasteiger partial charge in [0.05, 0.1) is 0 Å². The van der Waals surface area contributed by atoms with Crippen LogP contribution in [-0.2, 0) is 4.79 Å². The predicted octanol–water partition coefficient (Wildman–Crippen LogP) is 2.02. The van der Waals surface area contributed by atoms with E-state index in [0.29, 0.717) is 12.3 Å². The molecule has 0 aromatic heterocycles. The number of hydrogen-bond acceptors (Lipinski definition) is 3. The van der Waals surface area contributed by atoms with Gasteiger partial charge in [0, 0.05) is 13.6 Å². The van der Waals surface area contributed by atoms with Gasteiger partial charge in [-0.1, -0.05) is 12.8 Å². The van der Waals surface area contributed by atoms with Crippen LogP contribution in [0.2, 0.25) is 0 Å². The van der Waals surface area contributed by atoms with Gasteiger partial charge in [-0.3, -0.25) is 0 Å². The molecule has 19 heavy (non-hydrogen) atoms. The highest BCUT2D eigenvalue weighted by Crippen LogP contribution is 2.25. The van der Waals surface area contributed by atoms with Crippen molar-refractivity contribution in [3.8, 4) is 0 Å². The number of amides is 2. The minimum atomic E-state index is -0.961. The summed E-state index contributed by atoms with van der Waals surface area (Å²) in [5.74, 6) is 0.339. The number of aliphatic carboxylic acids is 1. The van der Waals surface area contributed by atoms with E-state index < -0.39 is 12.0 Å². The van der Waals surface area contributed by atoms with Crippen molar-refractivity contribution in [2.24, 2.45) is 5.92 Å². The normalized spacial score (nSPS) is 17.2. The molecule has 2 N–H and O–H groups in total. The lowest BCUT2D eigenvalue weighted by Crippen LogP contribution is -2.47. The van der Waals surface area contributed by atoms with Crippen molar-refractivity contribution < 1.29 is 14.7 Å². The Labute approximate surface area is 119 Å². The summed E-state index contributed by atoms with van der Waals surface area (Å²) in [4.78, 5) is 24.6. The zero-order valence-electron chi connectivity index (χ0n) is 11.7. The lowest BCUT2D eigenvalue weighted by atomic mass is 10.1. The third-order valence-electron chi connectivity index (χ3n) is 3.56. The molecule has 0 aliphatic heterocycles. The van der Waals surface area contributed by atoms with Crippen LogP contribution in [0.15, 0.2) is 0 Å². The van der Waals surface area contributed by atoms with E-state index >= 15 is 0 Å². The molecule has 5 nitrogen and oxygen atoms in total. The Morgan fingerprint density at radius 1 is 1.42 bits per heavy atom. The largest absolute Gasteiger partial charge is 0.480 e. The van der Waals surface area contributed by atoms with Crippen molar-refractivity contribution in [2.45, 2.75) is 38.1 Å². The molecule has 0 spiro atoms. The fourth-order valence-electron chi connectivity index (χ4n) is 2.42. The second-order valence-electron chi connectivity index (χ2n) is 5.15. The van der Waals surface area contributed by atoms with Gasteiger partial charge in [0.25, 0.3) is 0 Å². The van der Waals surface area contributed by atoms with Crippen LogP contribution in [-0.4, -0.2) is 53.6 Å². The van der Waals surface area contributed by atoms with Gasteiger partial charge >= 0.3 is 12.0 Å². The van der Waals surface area contributed by atoms with Gasteiger partial charge in [0.2, 0.25) is 0 Å². The summed E-state index contributed by atoms with van der Waals surface area (Å²) in [6.07, 6.45) is 7.21. The van der Waals surface area contributed by atoms with Crippen molar-refractivity contribution >= 4 is 23.8 Å². The Morgan fingerprint density at radius 3 is 2.58 bits per heavy atom. The Morgan fingerprint density at radius 2 is 2.05 bits per heavy atom. The van der Waals surface area contributed by atoms with Crippen molar-refractivity contribution in [1.29, 1.82) is 0 Å². The van der Waals surface area contributed by atoms with E-state index in [0.717, 1.165) is 12.3 Å². The van der Waals surface area contributed by atoms with Gasteiger partial charge in [-0.2, -0.15) is 11.8 Å². The molecule has 1 rings (SSSR count). The van der Waals surface area contributed by atoms with E-state index in [1.807, 2.05) is 6.26 Å². The second kappa shape index (κ2) is 8.30. The highest BCUT2D eigenvalue weighted by atomic mass is 32.2. The maximum atomic E-state index is 12.0. The number of rotatable bonds is 7. The molecule has 0 heterocycles. The Kier molecular flexibility index (Phi) is 7.05. The number of hydrogen-bond donors (Lipinski definition) is 2. The monoisotopic (exact) mass is 288 g/mol. The van der Waals surface area contributed by atoms with Gasteiger partial charge < -0.3 is 15.3 Å². The molecule has 0 saturated heterocycles. The Balaban J connectivity index is 2.38. The van der Waals surface area contributed by atoms with Crippen LogP contribution in [0.4, 0.5) is 4.79 Å². The average molecular weight is 288 g/mol. The minimum Gasteiger partial charge on any atom is -0.480 e. The van der Waals surface area contributed by atoms with Crippen molar-refractivity contribution in [3.05, 3.63) is 0 Å². The molecule has 1 saturated carbocycles. The number of carbonyl (C=O) groups is 2. The SMILES string of the molecule is CSCCC(NC(=O)N(C)CC1CCCC1)C(=O)O. The van der Waals surface area contributed by atoms with Crippen molar-refractivity contribution in [1.82, 2.24) is 10.2 Å². The van der Waals surface area contributed by atoms with E-state index in [4.69, 9.17) is 5.11 Å². The Hall–Kier alpha value is -0.910. The summed E-state index contributed by atoms with van der Waals surface area (Å²) < 4.78 is 0. The average Bonchev–Trinajstić information content (AvgIpc) is 2.86. The van der Waals surface area contributed by atoms with Crippen molar-refractivity contribution in [3.63, 3.8) is 0 Å². The number of urea groups is 1. The number of nitrogens with zero attached hydrogens (tertiary/aromatic N) is 1. The number of thioether (sulfide) groups is 1. The standard InChI is InChI=1S/C13H24N2O3S/c1-15(9-10-5-3-4-6-10)13(18)14-11(12(16)17)7-8-19-2/h10-11H,3-9H2,1-2H3,(H,14,18)(H,16,17). The molecule has 1 unspecified atom stereocenters. The van der Waals surface area contributed by atoms with Crippen LogP contribution in [0.3, 0.4) is 0 Å². The van der Waals surface area contributed by atoms with E-state index in [1.54, 1.807) is 23.7 Å². The fourth-order valence-corrected chi connectivity index (χ4v) is 2.89. The Bertz CT molecular complexity index is 306. The third kappa shape index (κ3) is 5.72. The molecule has 0 bridgehead atoms. The number of nitrogens with one attached hydrogen (secondary N) is 1. The maximum Gasteiger partial charge on any atom is 0.326 e. The smallest absolute Gasteiger partial charge is 0.326 e. The molecule has 110 valence electrons. The molecule has 1 fully saturated rings. The van der Waals surface area contributed by atoms with E-state index in [2.05, 4.69) is 5.32 Å². The van der Waals surface area contributed by atoms with Crippen molar-refractivity contribution in [2.75, 3.05) is 25.6 Å². The molecule has 2 amide bonds. The molecule has 1 aliphatic carbocycles. The summed E-state index contributed by atoms with van der Waals surface area (Å²) in [7, 11) is 1.74. The van der Waals surface area contributed by atoms with Crippen LogP contribution < -0.4 is 5.32 Å². The highest BCUT2D eigenvalue weighted by molar-refractivity contribution is 7.98. The molecule has 1 atom stereocenters. The third-order valence-corrected chi connectivity index (χ3v) is 4.20. The first-order chi connectivity index (χ1) is 9.04. The van der Waals surface area contributed by atoms with Gasteiger partial charge in [-0.15, -0.1) is 0 Å². The van der Waals surface area contributed by atoms with Gasteiger partial charge in [-0.05, 0) is 37.2 Å². The first-order valence-electron chi connectivity index (χ1n) is 6.78. The van der Waals surface area contributed by atoms with Gasteiger partial charge in [-0.25, -0.2) is 9.59 Å². The summed E-state index contributed by atoms with van der Waals surface area (Å²) in [5.41, 5.74) is 0. The molecule has 0 aromatic carbocycles. The van der Waals surface area contributed by atoms with Crippen LogP contribution in [0.25, 0.3) is 0 Å². The lowest BCUT2D eigenvalue weighted by molar-refractivity contribution is -0.139. The molecule has 0 aromatic rings.